The van der Waals surface area contributed by atoms with Crippen molar-refractivity contribution in [2.45, 2.75) is 25.1 Å². The van der Waals surface area contributed by atoms with Crippen LogP contribution in [-0.4, -0.2) is 28.7 Å². The van der Waals surface area contributed by atoms with E-state index in [4.69, 9.17) is 0 Å². The highest BCUT2D eigenvalue weighted by molar-refractivity contribution is 9.09. The molecule has 1 amide bonds. The van der Waals surface area contributed by atoms with Crippen LogP contribution in [0, 0.1) is 13.8 Å². The maximum absolute atomic E-state index is 12.3. The van der Waals surface area contributed by atoms with Crippen LogP contribution in [0.4, 0.5) is 0 Å². The molecule has 86 valence electrons. The van der Waals surface area contributed by atoms with Crippen LogP contribution >= 0.6 is 15.9 Å². The van der Waals surface area contributed by atoms with Crippen molar-refractivity contribution < 1.29 is 4.79 Å². The normalized spacial score (nSPS) is 20.2. The number of carbonyl (C=O) groups excluding carboxylic acids is 1. The van der Waals surface area contributed by atoms with Gasteiger partial charge in [0.15, 0.2) is 0 Å². The zero-order chi connectivity index (χ0) is 11.7. The predicted molar refractivity (Wildman–Crippen MR) is 69.2 cm³/mol. The Morgan fingerprint density at radius 2 is 2.19 bits per heavy atom. The Labute approximate surface area is 105 Å². The number of alkyl halides is 1. The van der Waals surface area contributed by atoms with Gasteiger partial charge in [0.05, 0.1) is 0 Å². The van der Waals surface area contributed by atoms with Gasteiger partial charge in [0.2, 0.25) is 0 Å². The first-order valence-electron chi connectivity index (χ1n) is 5.58. The molecule has 1 aliphatic rings. The number of benzene rings is 1. The van der Waals surface area contributed by atoms with Crippen molar-refractivity contribution in [3.05, 3.63) is 34.9 Å². The van der Waals surface area contributed by atoms with Crippen molar-refractivity contribution in [3.63, 3.8) is 0 Å². The molecule has 1 saturated heterocycles. The number of nitrogens with zero attached hydrogens (tertiary/aromatic N) is 1. The first kappa shape index (κ1) is 11.6. The number of hydrogen-bond donors (Lipinski definition) is 0. The van der Waals surface area contributed by atoms with E-state index in [1.54, 1.807) is 0 Å². The molecule has 0 saturated carbocycles. The van der Waals surface area contributed by atoms with Crippen LogP contribution in [0.5, 0.6) is 0 Å². The third-order valence-electron chi connectivity index (χ3n) is 3.04. The van der Waals surface area contributed by atoms with Crippen molar-refractivity contribution in [2.75, 3.05) is 13.1 Å². The summed E-state index contributed by atoms with van der Waals surface area (Å²) in [5.74, 6) is 0.170. The van der Waals surface area contributed by atoms with Gasteiger partial charge in [-0.3, -0.25) is 4.79 Å². The zero-order valence-electron chi connectivity index (χ0n) is 9.66. The third-order valence-corrected chi connectivity index (χ3v) is 3.79. The van der Waals surface area contributed by atoms with Crippen molar-refractivity contribution in [2.24, 2.45) is 0 Å². The fourth-order valence-corrected chi connectivity index (χ4v) is 2.59. The van der Waals surface area contributed by atoms with Gasteiger partial charge in [-0.05, 0) is 31.9 Å². The predicted octanol–water partition coefficient (Wildman–Crippen LogP) is 2.91. The first-order valence-corrected chi connectivity index (χ1v) is 6.50. The van der Waals surface area contributed by atoms with Crippen LogP contribution in [0.1, 0.15) is 27.9 Å². The molecule has 0 radical (unpaired) electrons. The second-order valence-electron chi connectivity index (χ2n) is 4.46. The molecule has 0 spiro atoms. The fourth-order valence-electron chi connectivity index (χ4n) is 2.04. The summed E-state index contributed by atoms with van der Waals surface area (Å²) in [6, 6.07) is 6.05. The molecule has 1 aromatic carbocycles. The van der Waals surface area contributed by atoms with Gasteiger partial charge in [0, 0.05) is 23.5 Å². The SMILES string of the molecule is Cc1ccc(C)c(C(=O)N2CCC(Br)C2)c1. The quantitative estimate of drug-likeness (QED) is 0.725. The summed E-state index contributed by atoms with van der Waals surface area (Å²) in [6.45, 7) is 5.70. The van der Waals surface area contributed by atoms with Gasteiger partial charge in [-0.25, -0.2) is 0 Å². The van der Waals surface area contributed by atoms with Gasteiger partial charge in [-0.1, -0.05) is 33.6 Å². The smallest absolute Gasteiger partial charge is 0.254 e. The topological polar surface area (TPSA) is 20.3 Å². The van der Waals surface area contributed by atoms with Gasteiger partial charge in [-0.15, -0.1) is 0 Å². The summed E-state index contributed by atoms with van der Waals surface area (Å²) in [5.41, 5.74) is 3.05. The number of hydrogen-bond acceptors (Lipinski definition) is 1. The minimum Gasteiger partial charge on any atom is -0.337 e. The van der Waals surface area contributed by atoms with E-state index in [2.05, 4.69) is 15.9 Å². The number of halogens is 1. The van der Waals surface area contributed by atoms with Gasteiger partial charge in [0.1, 0.15) is 0 Å². The molecule has 1 unspecified atom stereocenters. The number of likely N-dealkylation sites (tertiary alicyclic amines) is 1. The van der Waals surface area contributed by atoms with E-state index in [0.29, 0.717) is 4.83 Å². The number of carbonyl (C=O) groups is 1. The van der Waals surface area contributed by atoms with Crippen LogP contribution in [0.25, 0.3) is 0 Å². The molecule has 3 heteroatoms. The molecular weight excluding hydrogens is 266 g/mol. The van der Waals surface area contributed by atoms with Gasteiger partial charge >= 0.3 is 0 Å². The summed E-state index contributed by atoms with van der Waals surface area (Å²) in [6.07, 6.45) is 1.05. The monoisotopic (exact) mass is 281 g/mol. The summed E-state index contributed by atoms with van der Waals surface area (Å²) in [4.78, 5) is 14.7. The Morgan fingerprint density at radius 3 is 2.81 bits per heavy atom. The molecule has 1 fully saturated rings. The molecule has 0 N–H and O–H groups in total. The first-order chi connectivity index (χ1) is 7.58. The molecule has 1 atom stereocenters. The highest BCUT2D eigenvalue weighted by Crippen LogP contribution is 2.20. The van der Waals surface area contributed by atoms with E-state index in [1.807, 2.05) is 36.9 Å². The highest BCUT2D eigenvalue weighted by atomic mass is 79.9. The summed E-state index contributed by atoms with van der Waals surface area (Å²) in [7, 11) is 0. The molecular formula is C13H16BrNO. The minimum absolute atomic E-state index is 0.170. The molecule has 0 bridgehead atoms. The van der Waals surface area contributed by atoms with E-state index in [1.165, 1.54) is 0 Å². The second-order valence-corrected chi connectivity index (χ2v) is 5.75. The van der Waals surface area contributed by atoms with E-state index in [9.17, 15) is 4.79 Å². The Hall–Kier alpha value is -0.830. The highest BCUT2D eigenvalue weighted by Gasteiger charge is 2.25. The zero-order valence-corrected chi connectivity index (χ0v) is 11.3. The molecule has 2 nitrogen and oxygen atoms in total. The Morgan fingerprint density at radius 1 is 1.44 bits per heavy atom. The Balaban J connectivity index is 2.23. The van der Waals surface area contributed by atoms with Crippen LogP contribution in [0.3, 0.4) is 0 Å². The Kier molecular flexibility index (Phi) is 3.33. The summed E-state index contributed by atoms with van der Waals surface area (Å²) < 4.78 is 0. The number of rotatable bonds is 1. The summed E-state index contributed by atoms with van der Waals surface area (Å²) >= 11 is 3.56. The van der Waals surface area contributed by atoms with Crippen LogP contribution in [0.2, 0.25) is 0 Å². The largest absolute Gasteiger partial charge is 0.337 e. The molecule has 1 aromatic rings. The second kappa shape index (κ2) is 4.58. The lowest BCUT2D eigenvalue weighted by atomic mass is 10.0. The lowest BCUT2D eigenvalue weighted by Gasteiger charge is -2.17. The molecule has 1 heterocycles. The minimum atomic E-state index is 0.170. The maximum Gasteiger partial charge on any atom is 0.254 e. The number of aryl methyl sites for hydroxylation is 2. The van der Waals surface area contributed by atoms with Crippen molar-refractivity contribution in [1.82, 2.24) is 4.90 Å². The third kappa shape index (κ3) is 2.29. The lowest BCUT2D eigenvalue weighted by Crippen LogP contribution is -2.29. The molecule has 2 rings (SSSR count). The van der Waals surface area contributed by atoms with Crippen molar-refractivity contribution >= 4 is 21.8 Å². The van der Waals surface area contributed by atoms with Crippen LogP contribution < -0.4 is 0 Å². The Bertz CT molecular complexity index is 416. The van der Waals surface area contributed by atoms with E-state index < -0.39 is 0 Å². The van der Waals surface area contributed by atoms with Crippen molar-refractivity contribution in [3.8, 4) is 0 Å². The van der Waals surface area contributed by atoms with E-state index in [-0.39, 0.29) is 5.91 Å². The van der Waals surface area contributed by atoms with Gasteiger partial charge in [-0.2, -0.15) is 0 Å². The van der Waals surface area contributed by atoms with Crippen molar-refractivity contribution in [1.29, 1.82) is 0 Å². The average molecular weight is 282 g/mol. The maximum atomic E-state index is 12.3. The summed E-state index contributed by atoms with van der Waals surface area (Å²) in [5, 5.41) is 0. The standard InChI is InChI=1S/C13H16BrNO/c1-9-3-4-10(2)12(7-9)13(16)15-6-5-11(14)8-15/h3-4,7,11H,5-6,8H2,1-2H3. The fraction of sp³-hybridized carbons (Fsp3) is 0.462. The van der Waals surface area contributed by atoms with E-state index in [0.717, 1.165) is 36.2 Å². The lowest BCUT2D eigenvalue weighted by molar-refractivity contribution is 0.0792. The molecule has 0 aliphatic carbocycles. The molecule has 0 aromatic heterocycles. The molecule has 1 aliphatic heterocycles. The van der Waals surface area contributed by atoms with Crippen LogP contribution in [-0.2, 0) is 0 Å². The van der Waals surface area contributed by atoms with E-state index >= 15 is 0 Å². The number of amides is 1. The van der Waals surface area contributed by atoms with Gasteiger partial charge in [0.25, 0.3) is 5.91 Å². The van der Waals surface area contributed by atoms with Crippen LogP contribution in [0.15, 0.2) is 18.2 Å². The van der Waals surface area contributed by atoms with Gasteiger partial charge < -0.3 is 4.90 Å². The average Bonchev–Trinajstić information content (AvgIpc) is 2.67. The molecule has 16 heavy (non-hydrogen) atoms.